The van der Waals surface area contributed by atoms with Crippen molar-refractivity contribution in [2.75, 3.05) is 6.54 Å². The number of benzene rings is 1. The summed E-state index contributed by atoms with van der Waals surface area (Å²) < 4.78 is 5.62. The Labute approximate surface area is 201 Å². The van der Waals surface area contributed by atoms with Gasteiger partial charge in [-0.05, 0) is 37.2 Å². The van der Waals surface area contributed by atoms with Crippen molar-refractivity contribution in [2.24, 2.45) is 4.99 Å². The molecular weight excluding hydrogens is 428 g/mol. The lowest BCUT2D eigenvalue weighted by Crippen LogP contribution is -2.21. The number of aryl methyl sites for hydroxylation is 1. The Morgan fingerprint density at radius 3 is 2.68 bits per heavy atom. The number of carbonyl (C=O) groups excluding carboxylic acids is 2. The summed E-state index contributed by atoms with van der Waals surface area (Å²) in [5.74, 6) is 0.908. The molecule has 2 aromatic rings. The number of ketones is 2. The zero-order valence-corrected chi connectivity index (χ0v) is 20.0. The van der Waals surface area contributed by atoms with Crippen LogP contribution in [-0.4, -0.2) is 34.1 Å². The number of aliphatic hydroxyl groups is 1. The second kappa shape index (κ2) is 11.4. The molecule has 34 heavy (non-hydrogen) atoms. The van der Waals surface area contributed by atoms with E-state index in [1.165, 1.54) is 0 Å². The van der Waals surface area contributed by atoms with Gasteiger partial charge in [-0.3, -0.25) is 14.6 Å². The Bertz CT molecular complexity index is 1080. The summed E-state index contributed by atoms with van der Waals surface area (Å²) in [5.41, 5.74) is 3.39. The molecule has 6 heteroatoms. The first-order valence-corrected chi connectivity index (χ1v) is 12.6. The van der Waals surface area contributed by atoms with Crippen LogP contribution in [0, 0.1) is 0 Å². The SMILES string of the molecule is CCCCCCN=C(CCc1noc2c1C(=O)CC(c1ccccc1)C2)C1=C(O)CCCC1=O. The predicted octanol–water partition coefficient (Wildman–Crippen LogP) is 6.11. The predicted molar refractivity (Wildman–Crippen MR) is 132 cm³/mol. The fourth-order valence-corrected chi connectivity index (χ4v) is 5.00. The molecule has 0 spiro atoms. The number of rotatable bonds is 10. The highest BCUT2D eigenvalue weighted by Crippen LogP contribution is 2.34. The molecule has 1 N–H and O–H groups in total. The van der Waals surface area contributed by atoms with E-state index >= 15 is 0 Å². The van der Waals surface area contributed by atoms with Gasteiger partial charge >= 0.3 is 0 Å². The molecular formula is C28H34N2O4. The third-order valence-electron chi connectivity index (χ3n) is 6.83. The highest BCUT2D eigenvalue weighted by atomic mass is 16.5. The molecule has 1 atom stereocenters. The number of aliphatic imine (C=N–C) groups is 1. The number of Topliss-reactive ketones (excluding diaryl/α,β-unsaturated/α-hetero) is 2. The molecule has 0 radical (unpaired) electrons. The topological polar surface area (TPSA) is 92.8 Å². The minimum Gasteiger partial charge on any atom is -0.511 e. The van der Waals surface area contributed by atoms with Gasteiger partial charge in [0.25, 0.3) is 0 Å². The Hall–Kier alpha value is -3.02. The molecule has 1 aromatic heterocycles. The van der Waals surface area contributed by atoms with Gasteiger partial charge in [0, 0.05) is 37.9 Å². The largest absolute Gasteiger partial charge is 0.511 e. The van der Waals surface area contributed by atoms with Crippen LogP contribution in [0.5, 0.6) is 0 Å². The molecule has 0 fully saturated rings. The second-order valence-electron chi connectivity index (χ2n) is 9.35. The van der Waals surface area contributed by atoms with Crippen molar-refractivity contribution >= 4 is 17.3 Å². The van der Waals surface area contributed by atoms with Crippen molar-refractivity contribution in [3.63, 3.8) is 0 Å². The maximum Gasteiger partial charge on any atom is 0.168 e. The van der Waals surface area contributed by atoms with Gasteiger partial charge in [0.05, 0.1) is 16.8 Å². The van der Waals surface area contributed by atoms with E-state index in [9.17, 15) is 14.7 Å². The standard InChI is InChI=1S/C28H34N2O4/c1-2-3-4-8-16-29-21(27-23(31)12-9-13-24(27)32)14-15-22-28-25(33)17-20(18-26(28)34-30-22)19-10-6-5-7-11-19/h5-7,10-11,20,31H,2-4,8-9,12-18H2,1H3. The highest BCUT2D eigenvalue weighted by Gasteiger charge is 2.33. The molecule has 1 aromatic carbocycles. The number of aromatic nitrogens is 1. The number of hydrogen-bond acceptors (Lipinski definition) is 6. The van der Waals surface area contributed by atoms with Gasteiger partial charge in [0.1, 0.15) is 11.5 Å². The number of hydrogen-bond donors (Lipinski definition) is 1. The van der Waals surface area contributed by atoms with Gasteiger partial charge in [-0.15, -0.1) is 0 Å². The second-order valence-corrected chi connectivity index (χ2v) is 9.35. The molecule has 2 aliphatic carbocycles. The van der Waals surface area contributed by atoms with Gasteiger partial charge in [-0.1, -0.05) is 61.7 Å². The lowest BCUT2D eigenvalue weighted by atomic mass is 9.81. The van der Waals surface area contributed by atoms with Crippen molar-refractivity contribution in [3.05, 3.63) is 64.2 Å². The van der Waals surface area contributed by atoms with E-state index in [0.29, 0.717) is 79.8 Å². The van der Waals surface area contributed by atoms with Crippen molar-refractivity contribution in [1.82, 2.24) is 5.16 Å². The molecule has 0 amide bonds. The molecule has 6 nitrogen and oxygen atoms in total. The maximum absolute atomic E-state index is 13.0. The monoisotopic (exact) mass is 462 g/mol. The van der Waals surface area contributed by atoms with E-state index in [1.807, 2.05) is 30.3 Å². The fraction of sp³-hybridized carbons (Fsp3) is 0.500. The zero-order valence-electron chi connectivity index (χ0n) is 20.0. The molecule has 0 saturated heterocycles. The van der Waals surface area contributed by atoms with E-state index < -0.39 is 0 Å². The molecule has 1 unspecified atom stereocenters. The number of nitrogens with zero attached hydrogens (tertiary/aromatic N) is 2. The third kappa shape index (κ3) is 5.54. The van der Waals surface area contributed by atoms with E-state index in [0.717, 1.165) is 31.2 Å². The Morgan fingerprint density at radius 1 is 1.09 bits per heavy atom. The average Bonchev–Trinajstić information content (AvgIpc) is 3.26. The van der Waals surface area contributed by atoms with Crippen LogP contribution in [0.15, 0.2) is 51.2 Å². The van der Waals surface area contributed by atoms with Crippen molar-refractivity contribution < 1.29 is 19.2 Å². The summed E-state index contributed by atoms with van der Waals surface area (Å²) in [4.78, 5) is 30.4. The van der Waals surface area contributed by atoms with E-state index in [-0.39, 0.29) is 23.2 Å². The number of carbonyl (C=O) groups is 2. The molecule has 180 valence electrons. The maximum atomic E-state index is 13.0. The van der Waals surface area contributed by atoms with E-state index in [4.69, 9.17) is 9.52 Å². The van der Waals surface area contributed by atoms with Gasteiger partial charge in [0.15, 0.2) is 11.6 Å². The molecule has 4 rings (SSSR count). The first-order valence-electron chi connectivity index (χ1n) is 12.6. The average molecular weight is 463 g/mol. The molecule has 0 aliphatic heterocycles. The Balaban J connectivity index is 1.50. The van der Waals surface area contributed by atoms with Crippen LogP contribution < -0.4 is 0 Å². The lowest BCUT2D eigenvalue weighted by molar-refractivity contribution is -0.115. The molecule has 1 heterocycles. The normalized spacial score (nSPS) is 19.0. The lowest BCUT2D eigenvalue weighted by Gasteiger charge is -2.20. The van der Waals surface area contributed by atoms with E-state index in [2.05, 4.69) is 12.1 Å². The molecule has 0 bridgehead atoms. The number of aliphatic hydroxyl groups excluding tert-OH is 1. The van der Waals surface area contributed by atoms with Crippen molar-refractivity contribution in [3.8, 4) is 0 Å². The van der Waals surface area contributed by atoms with Crippen LogP contribution in [0.4, 0.5) is 0 Å². The summed E-state index contributed by atoms with van der Waals surface area (Å²) in [6, 6.07) is 10.0. The number of fused-ring (bicyclic) bond motifs is 1. The van der Waals surface area contributed by atoms with Crippen molar-refractivity contribution in [1.29, 1.82) is 0 Å². The summed E-state index contributed by atoms with van der Waals surface area (Å²) in [6.45, 7) is 2.80. The quantitative estimate of drug-likeness (QED) is 0.340. The van der Waals surface area contributed by atoms with Crippen LogP contribution in [0.2, 0.25) is 0 Å². The van der Waals surface area contributed by atoms with Crippen LogP contribution >= 0.6 is 0 Å². The van der Waals surface area contributed by atoms with E-state index in [1.54, 1.807) is 0 Å². The minimum absolute atomic E-state index is 0.0416. The van der Waals surface area contributed by atoms with Crippen LogP contribution in [0.3, 0.4) is 0 Å². The third-order valence-corrected chi connectivity index (χ3v) is 6.83. The molecule has 2 aliphatic rings. The van der Waals surface area contributed by atoms with Gasteiger partial charge in [-0.2, -0.15) is 0 Å². The van der Waals surface area contributed by atoms with Crippen molar-refractivity contribution in [2.45, 2.75) is 83.5 Å². The molecule has 0 saturated carbocycles. The van der Waals surface area contributed by atoms with Gasteiger partial charge in [0.2, 0.25) is 0 Å². The van der Waals surface area contributed by atoms with Crippen LogP contribution in [-0.2, 0) is 17.6 Å². The minimum atomic E-state index is -0.0416. The number of unbranched alkanes of at least 4 members (excludes halogenated alkanes) is 3. The summed E-state index contributed by atoms with van der Waals surface area (Å²) in [5, 5.41) is 14.7. The van der Waals surface area contributed by atoms with Gasteiger partial charge in [-0.25, -0.2) is 0 Å². The Morgan fingerprint density at radius 2 is 1.91 bits per heavy atom. The zero-order chi connectivity index (χ0) is 23.9. The Kier molecular flexibility index (Phi) is 8.09. The first kappa shape index (κ1) is 24.1. The summed E-state index contributed by atoms with van der Waals surface area (Å²) in [6.07, 6.45) is 7.98. The van der Waals surface area contributed by atoms with Crippen LogP contribution in [0.25, 0.3) is 0 Å². The first-order chi connectivity index (χ1) is 16.6. The fourth-order valence-electron chi connectivity index (χ4n) is 5.00. The highest BCUT2D eigenvalue weighted by molar-refractivity contribution is 6.23. The summed E-state index contributed by atoms with van der Waals surface area (Å²) >= 11 is 0. The van der Waals surface area contributed by atoms with Gasteiger partial charge < -0.3 is 9.63 Å². The smallest absolute Gasteiger partial charge is 0.168 e. The van der Waals surface area contributed by atoms with Crippen LogP contribution in [0.1, 0.15) is 98.0 Å². The summed E-state index contributed by atoms with van der Waals surface area (Å²) in [7, 11) is 0. The number of allylic oxidation sites excluding steroid dienone is 2.